The maximum absolute atomic E-state index is 13.1. The monoisotopic (exact) mass is 444 g/mol. The van der Waals surface area contributed by atoms with Crippen molar-refractivity contribution in [2.45, 2.75) is 79.1 Å². The van der Waals surface area contributed by atoms with Crippen LogP contribution in [0.15, 0.2) is 34.4 Å². The second kappa shape index (κ2) is 8.68. The van der Waals surface area contributed by atoms with Crippen molar-refractivity contribution < 1.29 is 33.4 Å². The molecule has 174 valence electrons. The molecule has 1 saturated heterocycles. The molecule has 0 radical (unpaired) electrons. The van der Waals surface area contributed by atoms with Crippen LogP contribution in [-0.4, -0.2) is 41.5 Å². The summed E-state index contributed by atoms with van der Waals surface area (Å²) in [6.07, 6.45) is 2.46. The van der Waals surface area contributed by atoms with E-state index in [0.717, 1.165) is 11.1 Å². The molecule has 0 aromatic carbocycles. The van der Waals surface area contributed by atoms with E-state index < -0.39 is 47.6 Å². The van der Waals surface area contributed by atoms with Crippen molar-refractivity contribution in [1.29, 1.82) is 0 Å². The standard InChI is InChI=1S/C25H32O7/c1-8-12(3)22(27)30-17-11-15(6)18-16(26)10-14(5)19(18)21-20(17)25(7,24(29)31-21)32-23(28)13(4)9-2/h9-10,12,17,19-21H,8,11H2,1-7H3. The van der Waals surface area contributed by atoms with Gasteiger partial charge in [0, 0.05) is 23.5 Å². The first-order valence-corrected chi connectivity index (χ1v) is 11.2. The molecular weight excluding hydrogens is 412 g/mol. The highest BCUT2D eigenvalue weighted by Crippen LogP contribution is 2.51. The molecule has 1 aliphatic heterocycles. The van der Waals surface area contributed by atoms with E-state index in [9.17, 15) is 19.2 Å². The fraction of sp³-hybridized carbons (Fsp3) is 0.600. The van der Waals surface area contributed by atoms with Crippen LogP contribution >= 0.6 is 0 Å². The Morgan fingerprint density at radius 3 is 2.56 bits per heavy atom. The number of hydrogen-bond donors (Lipinski definition) is 0. The van der Waals surface area contributed by atoms with Crippen molar-refractivity contribution in [3.8, 4) is 0 Å². The van der Waals surface area contributed by atoms with Crippen LogP contribution in [-0.2, 0) is 33.4 Å². The Hall–Kier alpha value is -2.70. The molecule has 32 heavy (non-hydrogen) atoms. The summed E-state index contributed by atoms with van der Waals surface area (Å²) in [5.74, 6) is -3.38. The molecule has 1 heterocycles. The van der Waals surface area contributed by atoms with Gasteiger partial charge in [-0.25, -0.2) is 9.59 Å². The van der Waals surface area contributed by atoms with Crippen molar-refractivity contribution in [3.63, 3.8) is 0 Å². The topological polar surface area (TPSA) is 96.0 Å². The van der Waals surface area contributed by atoms with Gasteiger partial charge < -0.3 is 14.2 Å². The van der Waals surface area contributed by atoms with E-state index >= 15 is 0 Å². The maximum Gasteiger partial charge on any atom is 0.351 e. The van der Waals surface area contributed by atoms with Gasteiger partial charge in [0.1, 0.15) is 12.2 Å². The summed E-state index contributed by atoms with van der Waals surface area (Å²) in [7, 11) is 0. The summed E-state index contributed by atoms with van der Waals surface area (Å²) in [4.78, 5) is 51.2. The zero-order valence-corrected chi connectivity index (χ0v) is 19.8. The summed E-state index contributed by atoms with van der Waals surface area (Å²) >= 11 is 0. The number of hydrogen-bond acceptors (Lipinski definition) is 7. The van der Waals surface area contributed by atoms with Crippen molar-refractivity contribution in [3.05, 3.63) is 34.4 Å². The normalized spacial score (nSPS) is 33.1. The van der Waals surface area contributed by atoms with Gasteiger partial charge >= 0.3 is 17.9 Å². The first-order valence-electron chi connectivity index (χ1n) is 11.2. The minimum atomic E-state index is -1.66. The summed E-state index contributed by atoms with van der Waals surface area (Å²) < 4.78 is 17.5. The molecule has 2 aliphatic carbocycles. The van der Waals surface area contributed by atoms with Crippen LogP contribution in [0.3, 0.4) is 0 Å². The Kier molecular flexibility index (Phi) is 6.50. The lowest BCUT2D eigenvalue weighted by Crippen LogP contribution is -2.51. The third kappa shape index (κ3) is 3.82. The summed E-state index contributed by atoms with van der Waals surface area (Å²) in [6, 6.07) is 0. The van der Waals surface area contributed by atoms with Gasteiger partial charge in [-0.2, -0.15) is 0 Å². The number of fused-ring (bicyclic) bond motifs is 3. The smallest absolute Gasteiger partial charge is 0.351 e. The Bertz CT molecular complexity index is 953. The fourth-order valence-electron chi connectivity index (χ4n) is 4.85. The molecule has 0 aromatic heterocycles. The van der Waals surface area contributed by atoms with Crippen LogP contribution in [0.2, 0.25) is 0 Å². The lowest BCUT2D eigenvalue weighted by Gasteiger charge is -2.35. The predicted molar refractivity (Wildman–Crippen MR) is 116 cm³/mol. The number of rotatable bonds is 5. The number of carbonyl (C=O) groups excluding carboxylic acids is 4. The van der Waals surface area contributed by atoms with Gasteiger partial charge in [-0.15, -0.1) is 0 Å². The number of ether oxygens (including phenoxy) is 3. The molecular formula is C25H32O7. The fourth-order valence-corrected chi connectivity index (χ4v) is 4.85. The number of esters is 3. The SMILES string of the molecule is CC=C(C)C(=O)OC1(C)C(=O)OC2C3C(C)=CC(=O)C3=C(C)CC(OC(=O)C(C)CC)C21. The van der Waals surface area contributed by atoms with E-state index in [-0.39, 0.29) is 18.1 Å². The highest BCUT2D eigenvalue weighted by molar-refractivity contribution is 6.09. The molecule has 0 aromatic rings. The largest absolute Gasteiger partial charge is 0.461 e. The average molecular weight is 445 g/mol. The summed E-state index contributed by atoms with van der Waals surface area (Å²) in [5, 5.41) is 0. The van der Waals surface area contributed by atoms with E-state index in [1.807, 2.05) is 20.8 Å². The van der Waals surface area contributed by atoms with Gasteiger partial charge in [-0.1, -0.05) is 31.1 Å². The highest BCUT2D eigenvalue weighted by Gasteiger charge is 2.65. The molecule has 3 aliphatic rings. The lowest BCUT2D eigenvalue weighted by molar-refractivity contribution is -0.177. The highest BCUT2D eigenvalue weighted by atomic mass is 16.6. The average Bonchev–Trinajstić information content (AvgIpc) is 3.12. The van der Waals surface area contributed by atoms with Crippen molar-refractivity contribution in [2.75, 3.05) is 0 Å². The molecule has 0 spiro atoms. The van der Waals surface area contributed by atoms with Gasteiger partial charge in [0.15, 0.2) is 5.78 Å². The van der Waals surface area contributed by atoms with Crippen LogP contribution in [0, 0.1) is 17.8 Å². The molecule has 7 nitrogen and oxygen atoms in total. The zero-order valence-electron chi connectivity index (χ0n) is 19.8. The van der Waals surface area contributed by atoms with Crippen LogP contribution in [0.25, 0.3) is 0 Å². The molecule has 6 unspecified atom stereocenters. The van der Waals surface area contributed by atoms with Crippen LogP contribution < -0.4 is 0 Å². The molecule has 0 bridgehead atoms. The molecule has 7 heteroatoms. The third-order valence-corrected chi connectivity index (χ3v) is 7.10. The Labute approximate surface area is 188 Å². The van der Waals surface area contributed by atoms with Crippen molar-refractivity contribution in [1.82, 2.24) is 0 Å². The number of carbonyl (C=O) groups is 4. The van der Waals surface area contributed by atoms with Gasteiger partial charge in [0.25, 0.3) is 0 Å². The van der Waals surface area contributed by atoms with E-state index in [4.69, 9.17) is 14.2 Å². The van der Waals surface area contributed by atoms with Gasteiger partial charge in [-0.3, -0.25) is 9.59 Å². The quantitative estimate of drug-likeness (QED) is 0.363. The predicted octanol–water partition coefficient (Wildman–Crippen LogP) is 3.62. The van der Waals surface area contributed by atoms with Crippen LogP contribution in [0.1, 0.15) is 61.3 Å². The van der Waals surface area contributed by atoms with E-state index in [1.54, 1.807) is 32.9 Å². The molecule has 0 saturated carbocycles. The first kappa shape index (κ1) is 24.0. The van der Waals surface area contributed by atoms with Crippen molar-refractivity contribution in [2.24, 2.45) is 17.8 Å². The zero-order chi connectivity index (χ0) is 24.0. The summed E-state index contributed by atoms with van der Waals surface area (Å²) in [5.41, 5.74) is 0.840. The van der Waals surface area contributed by atoms with Crippen LogP contribution in [0.5, 0.6) is 0 Å². The molecule has 0 amide bonds. The first-order chi connectivity index (χ1) is 15.0. The molecule has 1 fully saturated rings. The second-order valence-corrected chi connectivity index (χ2v) is 9.28. The third-order valence-electron chi connectivity index (χ3n) is 7.10. The maximum atomic E-state index is 13.1. The molecule has 6 atom stereocenters. The van der Waals surface area contributed by atoms with E-state index in [2.05, 4.69) is 0 Å². The minimum Gasteiger partial charge on any atom is -0.461 e. The second-order valence-electron chi connectivity index (χ2n) is 9.28. The van der Waals surface area contributed by atoms with Crippen LogP contribution in [0.4, 0.5) is 0 Å². The van der Waals surface area contributed by atoms with Gasteiger partial charge in [-0.05, 0) is 47.1 Å². The molecule has 3 rings (SSSR count). The van der Waals surface area contributed by atoms with Crippen molar-refractivity contribution >= 4 is 23.7 Å². The van der Waals surface area contributed by atoms with Gasteiger partial charge in [0.05, 0.1) is 11.8 Å². The Morgan fingerprint density at radius 2 is 1.97 bits per heavy atom. The van der Waals surface area contributed by atoms with E-state index in [1.165, 1.54) is 6.92 Å². The lowest BCUT2D eigenvalue weighted by atomic mass is 9.77. The minimum absolute atomic E-state index is 0.121. The van der Waals surface area contributed by atoms with Gasteiger partial charge in [0.2, 0.25) is 5.60 Å². The van der Waals surface area contributed by atoms with E-state index in [0.29, 0.717) is 17.6 Å². The summed E-state index contributed by atoms with van der Waals surface area (Å²) in [6.45, 7) is 12.1. The number of allylic oxidation sites excluding steroid dienone is 2. The Morgan fingerprint density at radius 1 is 1.31 bits per heavy atom. The molecule has 0 N–H and O–H groups in total. The number of ketones is 1. The Balaban J connectivity index is 2.10.